The molecule has 3 N–H and O–H groups in total. The SMILES string of the molecule is CC[C@@](C)(CO)NC(=O)Nc1cnn(Cc2ccc(Cl)cc2)c1. The van der Waals surface area contributed by atoms with Crippen molar-refractivity contribution in [2.45, 2.75) is 32.4 Å². The highest BCUT2D eigenvalue weighted by Gasteiger charge is 2.23. The van der Waals surface area contributed by atoms with Gasteiger partial charge in [0.05, 0.1) is 30.6 Å². The van der Waals surface area contributed by atoms with Crippen molar-refractivity contribution in [3.8, 4) is 0 Å². The minimum atomic E-state index is -0.636. The number of aliphatic hydroxyl groups is 1. The fourth-order valence-electron chi connectivity index (χ4n) is 1.97. The van der Waals surface area contributed by atoms with Crippen LogP contribution in [-0.4, -0.2) is 33.1 Å². The molecule has 7 heteroatoms. The minimum absolute atomic E-state index is 0.118. The average molecular weight is 337 g/mol. The predicted molar refractivity (Wildman–Crippen MR) is 90.7 cm³/mol. The van der Waals surface area contributed by atoms with Crippen LogP contribution in [0.5, 0.6) is 0 Å². The molecule has 0 radical (unpaired) electrons. The summed E-state index contributed by atoms with van der Waals surface area (Å²) in [5, 5.41) is 19.7. The van der Waals surface area contributed by atoms with Crippen molar-refractivity contribution in [3.05, 3.63) is 47.2 Å². The maximum atomic E-state index is 12.0. The predicted octanol–water partition coefficient (Wildman–Crippen LogP) is 2.87. The fourth-order valence-corrected chi connectivity index (χ4v) is 2.09. The first-order valence-electron chi connectivity index (χ1n) is 7.41. The van der Waals surface area contributed by atoms with Crippen molar-refractivity contribution in [1.82, 2.24) is 15.1 Å². The van der Waals surface area contributed by atoms with Crippen LogP contribution >= 0.6 is 11.6 Å². The van der Waals surface area contributed by atoms with E-state index in [4.69, 9.17) is 11.6 Å². The van der Waals surface area contributed by atoms with Crippen molar-refractivity contribution in [2.24, 2.45) is 0 Å². The molecule has 0 bridgehead atoms. The van der Waals surface area contributed by atoms with Gasteiger partial charge < -0.3 is 15.7 Å². The normalized spacial score (nSPS) is 13.4. The molecule has 2 amide bonds. The third-order valence-corrected chi connectivity index (χ3v) is 3.95. The molecule has 0 saturated heterocycles. The average Bonchev–Trinajstić information content (AvgIpc) is 2.96. The Balaban J connectivity index is 1.94. The summed E-state index contributed by atoms with van der Waals surface area (Å²) < 4.78 is 1.73. The summed E-state index contributed by atoms with van der Waals surface area (Å²) in [6.07, 6.45) is 3.96. The smallest absolute Gasteiger partial charge is 0.319 e. The van der Waals surface area contributed by atoms with E-state index < -0.39 is 5.54 Å². The van der Waals surface area contributed by atoms with E-state index in [0.29, 0.717) is 23.7 Å². The zero-order valence-corrected chi connectivity index (χ0v) is 14.0. The summed E-state index contributed by atoms with van der Waals surface area (Å²) in [4.78, 5) is 12.0. The highest BCUT2D eigenvalue weighted by atomic mass is 35.5. The van der Waals surface area contributed by atoms with Gasteiger partial charge in [0.15, 0.2) is 0 Å². The van der Waals surface area contributed by atoms with Gasteiger partial charge in [-0.1, -0.05) is 30.7 Å². The molecule has 0 fully saturated rings. The van der Waals surface area contributed by atoms with Gasteiger partial charge in [-0.25, -0.2) is 4.79 Å². The van der Waals surface area contributed by atoms with Crippen molar-refractivity contribution in [3.63, 3.8) is 0 Å². The molecule has 2 aromatic rings. The van der Waals surface area contributed by atoms with Crippen molar-refractivity contribution in [2.75, 3.05) is 11.9 Å². The second kappa shape index (κ2) is 7.48. The molecule has 1 heterocycles. The molecule has 0 spiro atoms. The van der Waals surface area contributed by atoms with Crippen LogP contribution in [0.1, 0.15) is 25.8 Å². The Bertz CT molecular complexity index is 650. The number of hydrogen-bond acceptors (Lipinski definition) is 3. The van der Waals surface area contributed by atoms with Gasteiger partial charge in [-0.05, 0) is 31.0 Å². The molecule has 0 aliphatic heterocycles. The molecule has 23 heavy (non-hydrogen) atoms. The van der Waals surface area contributed by atoms with E-state index in [-0.39, 0.29) is 12.6 Å². The number of nitrogens with one attached hydrogen (secondary N) is 2. The summed E-state index contributed by atoms with van der Waals surface area (Å²) in [7, 11) is 0. The summed E-state index contributed by atoms with van der Waals surface area (Å²) >= 11 is 5.86. The Morgan fingerprint density at radius 2 is 2.09 bits per heavy atom. The molecule has 0 unspecified atom stereocenters. The van der Waals surface area contributed by atoms with E-state index in [9.17, 15) is 9.90 Å². The van der Waals surface area contributed by atoms with E-state index in [1.165, 1.54) is 0 Å². The van der Waals surface area contributed by atoms with Crippen LogP contribution in [0.4, 0.5) is 10.5 Å². The van der Waals surface area contributed by atoms with Gasteiger partial charge in [-0.15, -0.1) is 0 Å². The Morgan fingerprint density at radius 3 is 2.70 bits per heavy atom. The molecule has 2 rings (SSSR count). The van der Waals surface area contributed by atoms with Crippen LogP contribution in [0, 0.1) is 0 Å². The third kappa shape index (κ3) is 4.97. The third-order valence-electron chi connectivity index (χ3n) is 3.69. The number of hydrogen-bond donors (Lipinski definition) is 3. The first-order valence-corrected chi connectivity index (χ1v) is 7.79. The van der Waals surface area contributed by atoms with E-state index in [2.05, 4.69) is 15.7 Å². The Hall–Kier alpha value is -2.05. The van der Waals surface area contributed by atoms with Gasteiger partial charge in [0, 0.05) is 11.2 Å². The van der Waals surface area contributed by atoms with Gasteiger partial charge in [-0.3, -0.25) is 4.68 Å². The number of amides is 2. The van der Waals surface area contributed by atoms with Gasteiger partial charge >= 0.3 is 6.03 Å². The van der Waals surface area contributed by atoms with Crippen LogP contribution in [0.15, 0.2) is 36.7 Å². The number of aromatic nitrogens is 2. The monoisotopic (exact) mass is 336 g/mol. The lowest BCUT2D eigenvalue weighted by molar-refractivity contribution is 0.172. The summed E-state index contributed by atoms with van der Waals surface area (Å²) in [6.45, 7) is 4.16. The van der Waals surface area contributed by atoms with Gasteiger partial charge in [-0.2, -0.15) is 5.10 Å². The van der Waals surface area contributed by atoms with Crippen LogP contribution in [0.2, 0.25) is 5.02 Å². The second-order valence-electron chi connectivity index (χ2n) is 5.70. The van der Waals surface area contributed by atoms with Crippen LogP contribution in [0.3, 0.4) is 0 Å². The van der Waals surface area contributed by atoms with Crippen LogP contribution < -0.4 is 10.6 Å². The molecule has 1 aromatic carbocycles. The number of carbonyl (C=O) groups is 1. The van der Waals surface area contributed by atoms with Crippen molar-refractivity contribution >= 4 is 23.3 Å². The van der Waals surface area contributed by atoms with E-state index in [1.54, 1.807) is 24.0 Å². The lowest BCUT2D eigenvalue weighted by Gasteiger charge is -2.26. The van der Waals surface area contributed by atoms with E-state index in [0.717, 1.165) is 5.56 Å². The standard InChI is InChI=1S/C16H21ClN4O2/c1-3-16(2,11-22)20-15(23)19-14-8-18-21(10-14)9-12-4-6-13(17)7-5-12/h4-8,10,22H,3,9,11H2,1-2H3,(H2,19,20,23)/t16-/m0/s1. The lowest BCUT2D eigenvalue weighted by atomic mass is 10.0. The molecule has 124 valence electrons. The largest absolute Gasteiger partial charge is 0.394 e. The molecular formula is C16H21ClN4O2. The second-order valence-corrected chi connectivity index (χ2v) is 6.14. The highest BCUT2D eigenvalue weighted by Crippen LogP contribution is 2.13. The number of nitrogens with zero attached hydrogens (tertiary/aromatic N) is 2. The number of halogens is 1. The molecule has 0 aliphatic rings. The molecule has 1 atom stereocenters. The maximum absolute atomic E-state index is 12.0. The number of anilines is 1. The molecule has 6 nitrogen and oxygen atoms in total. The number of urea groups is 1. The molecule has 0 aliphatic carbocycles. The van der Waals surface area contributed by atoms with Gasteiger partial charge in [0.25, 0.3) is 0 Å². The summed E-state index contributed by atoms with van der Waals surface area (Å²) in [6, 6.07) is 7.14. The van der Waals surface area contributed by atoms with Gasteiger partial charge in [0.2, 0.25) is 0 Å². The number of benzene rings is 1. The topological polar surface area (TPSA) is 79.2 Å². The Labute approximate surface area is 140 Å². The molecular weight excluding hydrogens is 316 g/mol. The Morgan fingerprint density at radius 1 is 1.39 bits per heavy atom. The van der Waals surface area contributed by atoms with Crippen LogP contribution in [0.25, 0.3) is 0 Å². The summed E-state index contributed by atoms with van der Waals surface area (Å²) in [5.74, 6) is 0. The Kier molecular flexibility index (Phi) is 5.63. The zero-order valence-electron chi connectivity index (χ0n) is 13.2. The molecule has 0 saturated carbocycles. The summed E-state index contributed by atoms with van der Waals surface area (Å²) in [5.41, 5.74) is 1.02. The van der Waals surface area contributed by atoms with Crippen molar-refractivity contribution in [1.29, 1.82) is 0 Å². The first kappa shape index (κ1) is 17.3. The fraction of sp³-hybridized carbons (Fsp3) is 0.375. The number of aliphatic hydroxyl groups excluding tert-OH is 1. The zero-order chi connectivity index (χ0) is 16.9. The van der Waals surface area contributed by atoms with Crippen LogP contribution in [-0.2, 0) is 6.54 Å². The van der Waals surface area contributed by atoms with Crippen molar-refractivity contribution < 1.29 is 9.90 Å². The molecule has 1 aromatic heterocycles. The quantitative estimate of drug-likeness (QED) is 0.759. The first-order chi connectivity index (χ1) is 10.9. The number of rotatable bonds is 6. The highest BCUT2D eigenvalue weighted by molar-refractivity contribution is 6.30. The maximum Gasteiger partial charge on any atom is 0.319 e. The number of carbonyl (C=O) groups excluding carboxylic acids is 1. The van der Waals surface area contributed by atoms with E-state index >= 15 is 0 Å². The minimum Gasteiger partial charge on any atom is -0.394 e. The lowest BCUT2D eigenvalue weighted by Crippen LogP contribution is -2.50. The van der Waals surface area contributed by atoms with Gasteiger partial charge in [0.1, 0.15) is 0 Å². The van der Waals surface area contributed by atoms with E-state index in [1.807, 2.05) is 31.2 Å².